The van der Waals surface area contributed by atoms with E-state index in [1.807, 2.05) is 0 Å². The van der Waals surface area contributed by atoms with Gasteiger partial charge in [0, 0.05) is 94.4 Å². The van der Waals surface area contributed by atoms with E-state index in [2.05, 4.69) is 36.0 Å². The Morgan fingerprint density at radius 1 is 0.638 bits per heavy atom. The van der Waals surface area contributed by atoms with Gasteiger partial charge in [-0.2, -0.15) is 45.7 Å². The van der Waals surface area contributed by atoms with Crippen molar-refractivity contribution >= 4 is 181 Å². The summed E-state index contributed by atoms with van der Waals surface area (Å²) in [6.45, 7) is 1.17. The van der Waals surface area contributed by atoms with Crippen molar-refractivity contribution in [3.8, 4) is 5.75 Å². The van der Waals surface area contributed by atoms with Crippen LogP contribution in [0.2, 0.25) is 0 Å². The topological polar surface area (TPSA) is 330 Å². The number of rotatable bonds is 12. The van der Waals surface area contributed by atoms with Crippen LogP contribution < -0.4 is 11.1 Å². The molecule has 58 heavy (non-hydrogen) atoms. The second kappa shape index (κ2) is 20.7. The maximum absolute atomic E-state index is 12.6. The molecule has 0 bridgehead atoms. The van der Waals surface area contributed by atoms with E-state index in [4.69, 9.17) is 10.3 Å². The number of nitrogens with zero attached hydrogens (tertiary/aromatic N) is 6. The van der Waals surface area contributed by atoms with Crippen molar-refractivity contribution in [2.24, 2.45) is 30.7 Å². The van der Waals surface area contributed by atoms with Gasteiger partial charge in [0.15, 0.2) is 11.5 Å². The van der Waals surface area contributed by atoms with Crippen LogP contribution >= 0.6 is 0 Å². The van der Waals surface area contributed by atoms with E-state index in [-0.39, 0.29) is 106 Å². The third-order valence-electron chi connectivity index (χ3n) is 7.35. The number of azo groups is 3. The molecule has 0 saturated heterocycles. The molecule has 3 radical (unpaired) electrons. The molecule has 0 fully saturated rings. The Labute approximate surface area is 396 Å². The van der Waals surface area contributed by atoms with Gasteiger partial charge in [0.2, 0.25) is 6.04 Å². The summed E-state index contributed by atoms with van der Waals surface area (Å²) in [5.41, 5.74) is 4.58. The van der Waals surface area contributed by atoms with E-state index in [0.29, 0.717) is 17.8 Å². The summed E-state index contributed by atoms with van der Waals surface area (Å²) in [5, 5.41) is 35.9. The average molecular weight is 880 g/mol. The summed E-state index contributed by atoms with van der Waals surface area (Å²) >= 11 is 0. The zero-order chi connectivity index (χ0) is 40.3. The number of aromatic hydroxyl groups is 1. The van der Waals surface area contributed by atoms with Crippen molar-refractivity contribution in [1.82, 2.24) is 0 Å². The number of Topliss-reactive ketones (excluding diaryl/α,β-unsaturated/α-hetero) is 1. The van der Waals surface area contributed by atoms with Gasteiger partial charge >= 0.3 is 0 Å². The van der Waals surface area contributed by atoms with Crippen LogP contribution in [0, 0.1) is 0 Å². The molecule has 1 unspecified atom stereocenters. The number of nitrogen functional groups attached to an aromatic ring is 1. The number of fused-ring (bicyclic) bond motifs is 1. The van der Waals surface area contributed by atoms with Crippen molar-refractivity contribution < 1.29 is 53.6 Å². The average Bonchev–Trinajstić information content (AvgIpc) is 3.10. The maximum Gasteiger partial charge on any atom is 0.296 e. The zero-order valence-electron chi connectivity index (χ0n) is 30.8. The number of anilines is 2. The summed E-state index contributed by atoms with van der Waals surface area (Å²) in [6, 6.07) is 17.8. The monoisotopic (exact) mass is 879 g/mol. The summed E-state index contributed by atoms with van der Waals surface area (Å²) in [7, 11) is -14.9. The number of benzene rings is 5. The Bertz CT molecular complexity index is 2780. The molecule has 26 heteroatoms. The number of nitrogens with two attached hydrogens (primary N) is 1. The maximum atomic E-state index is 12.6. The van der Waals surface area contributed by atoms with Crippen LogP contribution in [-0.4, -0.2) is 150 Å². The van der Waals surface area contributed by atoms with Crippen molar-refractivity contribution in [2.75, 3.05) is 11.1 Å². The molecule has 5 aromatic rings. The quantitative estimate of drug-likeness (QED) is 0.0308. The first-order chi connectivity index (χ1) is 25.7. The molecule has 287 valence electrons. The summed E-state index contributed by atoms with van der Waals surface area (Å²) < 4.78 is 101. The molecule has 20 nitrogen and oxygen atoms in total. The Morgan fingerprint density at radius 2 is 1.09 bits per heavy atom. The molecule has 0 aliphatic rings. The summed E-state index contributed by atoms with van der Waals surface area (Å²) in [4.78, 5) is 22.2. The number of nitrogens with one attached hydrogen (secondary N) is 1. The predicted octanol–water partition coefficient (Wildman–Crippen LogP) is 5.24. The minimum Gasteiger partial charge on any atom is -0.505 e. The van der Waals surface area contributed by atoms with Crippen LogP contribution in [0.4, 0.5) is 39.8 Å². The van der Waals surface area contributed by atoms with Gasteiger partial charge in [-0.1, -0.05) is 18.2 Å². The third-order valence-corrected chi connectivity index (χ3v) is 9.95. The fraction of sp³-hybridized carbons (Fsp3) is 0.0625. The minimum absolute atomic E-state index is 0. The predicted molar refractivity (Wildman–Crippen MR) is 212 cm³/mol. The first-order valence-corrected chi connectivity index (χ1v) is 19.4. The number of carbonyl (C=O) groups excluding carboxylic acids is 2. The fourth-order valence-corrected chi connectivity index (χ4v) is 6.57. The molecular formula is C32H26N8Na3O12S3. The van der Waals surface area contributed by atoms with Crippen LogP contribution in [0.1, 0.15) is 6.92 Å². The smallest absolute Gasteiger partial charge is 0.296 e. The molecule has 0 aromatic heterocycles. The van der Waals surface area contributed by atoms with Crippen molar-refractivity contribution in [3.05, 3.63) is 91.0 Å². The second-order valence-corrected chi connectivity index (χ2v) is 15.4. The number of carbonyl (C=O) groups is 2. The van der Waals surface area contributed by atoms with Gasteiger partial charge in [0.05, 0.1) is 33.0 Å². The van der Waals surface area contributed by atoms with Crippen LogP contribution in [0.5, 0.6) is 5.75 Å². The number of hydrogen-bond acceptors (Lipinski definition) is 16. The number of amides is 1. The number of phenolic OH excluding ortho intramolecular Hbond substituents is 1. The Morgan fingerprint density at radius 3 is 1.55 bits per heavy atom. The van der Waals surface area contributed by atoms with Gasteiger partial charge in [0.1, 0.15) is 21.2 Å². The standard InChI is InChI=1S/C32H26N8O12S3.3Na/c1-17(41)28(32(43)34-19-5-3-2-4-6-19)38-35-20-7-9-21(10-8-20)36-39-29-24(54(47,48)49)15-18-16-25(55(50,51)52)30(31(42)26(18)27(29)33)40-37-22-11-13-23(14-12-22)53(44,45)46;;;/h2-16,28,42H,33H2,1H3,(H,34,43)(H,44,45,46)(H,47,48,49)(H,50,51,52);;;. The van der Waals surface area contributed by atoms with Gasteiger partial charge in [-0.05, 0) is 85.1 Å². The molecule has 0 aliphatic heterocycles. The van der Waals surface area contributed by atoms with Crippen molar-refractivity contribution in [2.45, 2.75) is 27.7 Å². The Hall–Kier alpha value is -3.37. The molecule has 5 rings (SSSR count). The van der Waals surface area contributed by atoms with Gasteiger partial charge in [0.25, 0.3) is 36.3 Å². The minimum atomic E-state index is -5.20. The molecule has 5 aromatic carbocycles. The molecule has 0 aliphatic carbocycles. The van der Waals surface area contributed by atoms with Crippen LogP contribution in [0.3, 0.4) is 0 Å². The van der Waals surface area contributed by atoms with Crippen molar-refractivity contribution in [3.63, 3.8) is 0 Å². The second-order valence-electron chi connectivity index (χ2n) is 11.2. The van der Waals surface area contributed by atoms with E-state index >= 15 is 0 Å². The van der Waals surface area contributed by atoms with Crippen LogP contribution in [0.15, 0.2) is 136 Å². The number of para-hydroxylation sites is 1. The Kier molecular flexibility index (Phi) is 18.2. The Balaban J connectivity index is 0.00000387. The van der Waals surface area contributed by atoms with Gasteiger partial charge in [-0.25, -0.2) is 0 Å². The van der Waals surface area contributed by atoms with E-state index < -0.39 is 96.4 Å². The number of ketones is 1. The molecule has 0 heterocycles. The molecular weight excluding hydrogens is 854 g/mol. The van der Waals surface area contributed by atoms with E-state index in [1.165, 1.54) is 31.2 Å². The third kappa shape index (κ3) is 12.6. The molecule has 7 N–H and O–H groups in total. The van der Waals surface area contributed by atoms with Gasteiger partial charge in [-0.15, -0.1) is 10.2 Å². The van der Waals surface area contributed by atoms with Crippen LogP contribution in [0.25, 0.3) is 10.8 Å². The molecule has 0 saturated carbocycles. The summed E-state index contributed by atoms with van der Waals surface area (Å²) in [5.74, 6) is -2.32. The van der Waals surface area contributed by atoms with Gasteiger partial charge in [-0.3, -0.25) is 23.2 Å². The first kappa shape index (κ1) is 50.8. The number of phenols is 1. The normalized spacial score (nSPS) is 12.5. The SMILES string of the molecule is CC(=O)C(N=Nc1ccc(N=Nc2c(S(=O)(=O)O)cc3cc(S(=O)(=O)O)c(N=Nc4ccc(S(=O)(=O)O)cc4)c(O)c3c2N)cc1)C(=O)Nc1ccccc1.[Na].[Na].[Na]. The molecule has 0 spiro atoms. The van der Waals surface area contributed by atoms with E-state index in [1.54, 1.807) is 30.3 Å². The zero-order valence-corrected chi connectivity index (χ0v) is 39.2. The fourth-order valence-electron chi connectivity index (χ4n) is 4.77. The van der Waals surface area contributed by atoms with Crippen molar-refractivity contribution in [1.29, 1.82) is 0 Å². The summed E-state index contributed by atoms with van der Waals surface area (Å²) in [6.07, 6.45) is 0. The van der Waals surface area contributed by atoms with E-state index in [9.17, 15) is 49.1 Å². The first-order valence-electron chi connectivity index (χ1n) is 15.1. The molecule has 1 atom stereocenters. The molecule has 1 amide bonds. The van der Waals surface area contributed by atoms with Gasteiger partial charge < -0.3 is 16.2 Å². The number of hydrogen-bond donors (Lipinski definition) is 6. The van der Waals surface area contributed by atoms with Crippen LogP contribution in [-0.2, 0) is 39.9 Å². The largest absolute Gasteiger partial charge is 0.505 e. The van der Waals surface area contributed by atoms with E-state index in [0.717, 1.165) is 24.3 Å².